The lowest BCUT2D eigenvalue weighted by molar-refractivity contribution is 0.0698. The molecular formula is C10H11N3O5S2. The van der Waals surface area contributed by atoms with E-state index >= 15 is 0 Å². The fourth-order valence-corrected chi connectivity index (χ4v) is 4.17. The maximum Gasteiger partial charge on any atom is 0.347 e. The van der Waals surface area contributed by atoms with E-state index in [0.717, 1.165) is 11.3 Å². The van der Waals surface area contributed by atoms with Crippen molar-refractivity contribution in [3.63, 3.8) is 0 Å². The van der Waals surface area contributed by atoms with Crippen molar-refractivity contribution < 1.29 is 22.8 Å². The molecule has 8 nitrogen and oxygen atoms in total. The van der Waals surface area contributed by atoms with Gasteiger partial charge < -0.3 is 9.63 Å². The SMILES string of the molecule is Cc1nc(CNS(=O)(=O)c2c(C)csc2C(=O)O)no1. The van der Waals surface area contributed by atoms with E-state index in [1.807, 2.05) is 0 Å². The lowest BCUT2D eigenvalue weighted by Gasteiger charge is -2.05. The molecule has 0 bridgehead atoms. The lowest BCUT2D eigenvalue weighted by atomic mass is 10.3. The van der Waals surface area contributed by atoms with Gasteiger partial charge in [0, 0.05) is 6.92 Å². The van der Waals surface area contributed by atoms with Gasteiger partial charge in [0.1, 0.15) is 9.77 Å². The number of hydrogen-bond donors (Lipinski definition) is 2. The minimum absolute atomic E-state index is 0.173. The molecule has 108 valence electrons. The molecule has 0 aliphatic rings. The van der Waals surface area contributed by atoms with E-state index in [2.05, 4.69) is 14.9 Å². The summed E-state index contributed by atoms with van der Waals surface area (Å²) in [6.45, 7) is 2.95. The van der Waals surface area contributed by atoms with Gasteiger partial charge in [0.25, 0.3) is 0 Å². The molecule has 0 radical (unpaired) electrons. The molecule has 0 saturated heterocycles. The third-order valence-electron chi connectivity index (χ3n) is 2.37. The zero-order valence-electron chi connectivity index (χ0n) is 10.6. The van der Waals surface area contributed by atoms with E-state index in [4.69, 9.17) is 9.63 Å². The second-order valence-electron chi connectivity index (χ2n) is 3.94. The number of nitrogens with one attached hydrogen (secondary N) is 1. The summed E-state index contributed by atoms with van der Waals surface area (Å²) in [5, 5.41) is 14.0. The van der Waals surface area contributed by atoms with Gasteiger partial charge in [0.15, 0.2) is 5.82 Å². The number of carboxylic acid groups (broad SMARTS) is 1. The van der Waals surface area contributed by atoms with Gasteiger partial charge in [-0.3, -0.25) is 0 Å². The number of carboxylic acids is 1. The van der Waals surface area contributed by atoms with Crippen molar-refractivity contribution in [2.45, 2.75) is 25.3 Å². The summed E-state index contributed by atoms with van der Waals surface area (Å²) < 4.78 is 31.3. The van der Waals surface area contributed by atoms with Crippen molar-refractivity contribution in [3.05, 3.63) is 27.5 Å². The Morgan fingerprint density at radius 2 is 2.20 bits per heavy atom. The van der Waals surface area contributed by atoms with Gasteiger partial charge in [0.2, 0.25) is 15.9 Å². The van der Waals surface area contributed by atoms with Gasteiger partial charge in [0.05, 0.1) is 6.54 Å². The van der Waals surface area contributed by atoms with Gasteiger partial charge >= 0.3 is 5.97 Å². The Morgan fingerprint density at radius 3 is 2.75 bits per heavy atom. The smallest absolute Gasteiger partial charge is 0.347 e. The number of nitrogens with zero attached hydrogens (tertiary/aromatic N) is 2. The van der Waals surface area contributed by atoms with E-state index in [-0.39, 0.29) is 22.1 Å². The van der Waals surface area contributed by atoms with Crippen molar-refractivity contribution >= 4 is 27.3 Å². The van der Waals surface area contributed by atoms with Crippen LogP contribution in [0.3, 0.4) is 0 Å². The molecule has 0 aliphatic heterocycles. The maximum absolute atomic E-state index is 12.2. The maximum atomic E-state index is 12.2. The van der Waals surface area contributed by atoms with Gasteiger partial charge in [-0.2, -0.15) is 4.98 Å². The highest BCUT2D eigenvalue weighted by atomic mass is 32.2. The summed E-state index contributed by atoms with van der Waals surface area (Å²) in [5.41, 5.74) is 0.379. The summed E-state index contributed by atoms with van der Waals surface area (Å²) >= 11 is 0.868. The number of sulfonamides is 1. The quantitative estimate of drug-likeness (QED) is 0.840. The van der Waals surface area contributed by atoms with Crippen LogP contribution in [0.4, 0.5) is 0 Å². The summed E-state index contributed by atoms with van der Waals surface area (Å²) in [4.78, 5) is 14.4. The molecule has 0 aromatic carbocycles. The van der Waals surface area contributed by atoms with E-state index < -0.39 is 16.0 Å². The number of hydrogen-bond acceptors (Lipinski definition) is 7. The summed E-state index contributed by atoms with van der Waals surface area (Å²) in [6, 6.07) is 0. The van der Waals surface area contributed by atoms with Crippen LogP contribution in [0.25, 0.3) is 0 Å². The lowest BCUT2D eigenvalue weighted by Crippen LogP contribution is -2.25. The van der Waals surface area contributed by atoms with E-state index in [1.54, 1.807) is 6.92 Å². The zero-order valence-corrected chi connectivity index (χ0v) is 12.2. The van der Waals surface area contributed by atoms with Crippen LogP contribution in [-0.4, -0.2) is 29.6 Å². The third kappa shape index (κ3) is 2.86. The standard InChI is InChI=1S/C10H11N3O5S2/c1-5-4-19-8(10(14)15)9(5)20(16,17)11-3-7-12-6(2)18-13-7/h4,11H,3H2,1-2H3,(H,14,15). The first-order valence-electron chi connectivity index (χ1n) is 5.41. The molecule has 0 unspecified atom stereocenters. The fraction of sp³-hybridized carbons (Fsp3) is 0.300. The zero-order chi connectivity index (χ0) is 14.9. The number of aryl methyl sites for hydroxylation is 2. The predicted molar refractivity (Wildman–Crippen MR) is 69.1 cm³/mol. The Labute approximate surface area is 118 Å². The molecule has 2 heterocycles. The van der Waals surface area contributed by atoms with Crippen LogP contribution in [0.15, 0.2) is 14.8 Å². The van der Waals surface area contributed by atoms with Crippen LogP contribution < -0.4 is 4.72 Å². The van der Waals surface area contributed by atoms with E-state index in [0.29, 0.717) is 11.5 Å². The van der Waals surface area contributed by atoms with Crippen LogP contribution >= 0.6 is 11.3 Å². The van der Waals surface area contributed by atoms with E-state index in [9.17, 15) is 13.2 Å². The van der Waals surface area contributed by atoms with Crippen LogP contribution in [0.5, 0.6) is 0 Å². The number of aromatic carboxylic acids is 1. The molecule has 10 heteroatoms. The number of rotatable bonds is 5. The molecule has 2 aromatic heterocycles. The molecule has 0 fully saturated rings. The van der Waals surface area contributed by atoms with E-state index in [1.165, 1.54) is 12.3 Å². The van der Waals surface area contributed by atoms with Crippen LogP contribution in [0.1, 0.15) is 27.0 Å². The first-order chi connectivity index (χ1) is 9.31. The molecule has 0 amide bonds. The van der Waals surface area contributed by atoms with Gasteiger partial charge in [-0.05, 0) is 17.9 Å². The van der Waals surface area contributed by atoms with Crippen LogP contribution in [0, 0.1) is 13.8 Å². The average molecular weight is 317 g/mol. The molecule has 20 heavy (non-hydrogen) atoms. The van der Waals surface area contributed by atoms with Crippen molar-refractivity contribution in [1.82, 2.24) is 14.9 Å². The highest BCUT2D eigenvalue weighted by molar-refractivity contribution is 7.89. The van der Waals surface area contributed by atoms with Crippen molar-refractivity contribution in [1.29, 1.82) is 0 Å². The molecule has 2 aromatic rings. The Kier molecular flexibility index (Phi) is 3.88. The molecule has 2 rings (SSSR count). The predicted octanol–water partition coefficient (Wildman–Crippen LogP) is 0.925. The summed E-state index contributed by atoms with van der Waals surface area (Å²) in [6.07, 6.45) is 0. The second kappa shape index (κ2) is 5.31. The van der Waals surface area contributed by atoms with Crippen molar-refractivity contribution in [2.24, 2.45) is 0 Å². The topological polar surface area (TPSA) is 122 Å². The normalized spacial score (nSPS) is 11.7. The third-order valence-corrected chi connectivity index (χ3v) is 5.17. The highest BCUT2D eigenvalue weighted by Crippen LogP contribution is 2.26. The second-order valence-corrected chi connectivity index (χ2v) is 6.52. The Bertz CT molecular complexity index is 747. The molecule has 0 aliphatic carbocycles. The summed E-state index contributed by atoms with van der Waals surface area (Å²) in [5.74, 6) is -0.785. The van der Waals surface area contributed by atoms with Gasteiger partial charge in [-0.1, -0.05) is 5.16 Å². The largest absolute Gasteiger partial charge is 0.477 e. The Balaban J connectivity index is 2.27. The Hall–Kier alpha value is -1.78. The molecule has 2 N–H and O–H groups in total. The van der Waals surface area contributed by atoms with Gasteiger partial charge in [-0.15, -0.1) is 11.3 Å². The molecule has 0 atom stereocenters. The first-order valence-corrected chi connectivity index (χ1v) is 7.78. The van der Waals surface area contributed by atoms with Crippen LogP contribution in [0.2, 0.25) is 0 Å². The minimum atomic E-state index is -3.95. The average Bonchev–Trinajstić information content (AvgIpc) is 2.93. The Morgan fingerprint density at radius 1 is 1.50 bits per heavy atom. The molecular weight excluding hydrogens is 306 g/mol. The van der Waals surface area contributed by atoms with Gasteiger partial charge in [-0.25, -0.2) is 17.9 Å². The number of carbonyl (C=O) groups is 1. The molecule has 0 spiro atoms. The minimum Gasteiger partial charge on any atom is -0.477 e. The first kappa shape index (κ1) is 14.6. The fourth-order valence-electron chi connectivity index (χ4n) is 1.56. The molecule has 0 saturated carbocycles. The van der Waals surface area contributed by atoms with Crippen molar-refractivity contribution in [2.75, 3.05) is 0 Å². The monoisotopic (exact) mass is 317 g/mol. The highest BCUT2D eigenvalue weighted by Gasteiger charge is 2.26. The number of aromatic nitrogens is 2. The van der Waals surface area contributed by atoms with Crippen LogP contribution in [-0.2, 0) is 16.6 Å². The summed E-state index contributed by atoms with van der Waals surface area (Å²) in [7, 11) is -3.95. The van der Waals surface area contributed by atoms with Crippen molar-refractivity contribution in [3.8, 4) is 0 Å². The number of thiophene rings is 1.